The van der Waals surface area contributed by atoms with E-state index in [9.17, 15) is 36.7 Å². The van der Waals surface area contributed by atoms with Crippen molar-refractivity contribution in [3.63, 3.8) is 0 Å². The van der Waals surface area contributed by atoms with Crippen LogP contribution in [0.3, 0.4) is 0 Å². The number of rotatable bonds is 6. The molecule has 61 heavy (non-hydrogen) atoms. The van der Waals surface area contributed by atoms with Crippen molar-refractivity contribution in [2.45, 2.75) is 51.5 Å². The van der Waals surface area contributed by atoms with Gasteiger partial charge in [0.2, 0.25) is 0 Å². The number of hydrogen-bond donors (Lipinski definition) is 2. The second-order valence-electron chi connectivity index (χ2n) is 12.9. The molecule has 0 saturated carbocycles. The van der Waals surface area contributed by atoms with E-state index in [0.717, 1.165) is 55.5 Å². The van der Waals surface area contributed by atoms with E-state index in [1.54, 1.807) is 30.7 Å². The van der Waals surface area contributed by atoms with Crippen molar-refractivity contribution in [3.8, 4) is 0 Å². The topological polar surface area (TPSA) is 133 Å². The van der Waals surface area contributed by atoms with Crippen molar-refractivity contribution in [1.29, 1.82) is 0 Å². The Hall–Kier alpha value is -3.67. The number of methoxy groups -OCH3 is 2. The van der Waals surface area contributed by atoms with Gasteiger partial charge >= 0.3 is 17.9 Å². The summed E-state index contributed by atoms with van der Waals surface area (Å²) in [5.41, 5.74) is 7.92. The molecular formula is C42H44AlBr2F4NO7S4. The van der Waals surface area contributed by atoms with Gasteiger partial charge in [-0.1, -0.05) is 12.1 Å². The number of thiophene rings is 4. The molecule has 0 spiro atoms. The van der Waals surface area contributed by atoms with Gasteiger partial charge in [0.15, 0.2) is 5.78 Å². The van der Waals surface area contributed by atoms with E-state index in [1.807, 2.05) is 30.7 Å². The second kappa shape index (κ2) is 28.1. The number of ether oxygens (including phenoxy) is 2. The summed E-state index contributed by atoms with van der Waals surface area (Å²) in [5.74, 6) is 2.51. The number of carboxylic acid groups (broad SMARTS) is 1. The van der Waals surface area contributed by atoms with Crippen molar-refractivity contribution in [2.24, 2.45) is 0 Å². The Morgan fingerprint density at radius 3 is 1.33 bits per heavy atom. The molecule has 6 aromatic rings. The van der Waals surface area contributed by atoms with Crippen LogP contribution in [0.25, 0.3) is 0 Å². The number of carbonyl (C=O) groups excluding carboxylic acids is 3. The predicted octanol–water partition coefficient (Wildman–Crippen LogP) is 13.6. The lowest BCUT2D eigenvalue weighted by atomic mass is 10.1. The van der Waals surface area contributed by atoms with Crippen LogP contribution >= 0.6 is 77.2 Å². The van der Waals surface area contributed by atoms with Crippen LogP contribution in [0.2, 0.25) is 17.4 Å². The van der Waals surface area contributed by atoms with Gasteiger partial charge in [-0.2, -0.15) is 0 Å². The number of esters is 2. The molecule has 8 nitrogen and oxygen atoms in total. The SMILES string of the molecule is COC(=O)c1scc(Br)c1C.COC(=O)c1sccc1C.Cc1c(Br)csc1C(=O)Cc1c(F)cccc1F.Cc1ccsc1C(=O)O.Nc1c(F)cccc1F.[CH3][Al]([CH3])[CH3]. The highest BCUT2D eigenvalue weighted by Crippen LogP contribution is 2.29. The molecule has 0 radical (unpaired) electrons. The van der Waals surface area contributed by atoms with Crippen molar-refractivity contribution >= 4 is 121 Å². The maximum absolute atomic E-state index is 13.4. The minimum absolute atomic E-state index is 0.139. The summed E-state index contributed by atoms with van der Waals surface area (Å²) in [6.07, 6.45) is -0.258. The molecule has 0 saturated heterocycles. The number of halogens is 6. The number of anilines is 1. The Kier molecular flexibility index (Phi) is 25.5. The number of ketones is 1. The average Bonchev–Trinajstić information content (AvgIpc) is 4.00. The van der Waals surface area contributed by atoms with Gasteiger partial charge in [-0.05, 0) is 129 Å². The minimum Gasteiger partial charge on any atom is -0.477 e. The van der Waals surface area contributed by atoms with Crippen LogP contribution in [0.4, 0.5) is 23.2 Å². The first-order valence-corrected chi connectivity index (χ1v) is 26.3. The third-order valence-electron chi connectivity index (χ3n) is 7.27. The number of aryl methyl sites for hydroxylation is 2. The minimum atomic E-state index is -0.831. The van der Waals surface area contributed by atoms with Gasteiger partial charge in [0.1, 0.15) is 43.6 Å². The van der Waals surface area contributed by atoms with Gasteiger partial charge < -0.3 is 20.3 Å². The van der Waals surface area contributed by atoms with Crippen LogP contribution in [-0.4, -0.2) is 57.2 Å². The lowest BCUT2D eigenvalue weighted by Gasteiger charge is -2.04. The number of nitrogen functional groups attached to an aromatic ring is 1. The molecule has 0 atom stereocenters. The number of benzene rings is 2. The molecule has 0 bridgehead atoms. The van der Waals surface area contributed by atoms with Crippen LogP contribution in [0.15, 0.2) is 79.0 Å². The maximum atomic E-state index is 13.4. The summed E-state index contributed by atoms with van der Waals surface area (Å²) in [6.45, 7) is 7.36. The Bertz CT molecular complexity index is 2320. The van der Waals surface area contributed by atoms with Gasteiger partial charge in [0.25, 0.3) is 14.1 Å². The van der Waals surface area contributed by atoms with E-state index in [2.05, 4.69) is 58.7 Å². The first-order valence-electron chi connectivity index (χ1n) is 17.7. The highest BCUT2D eigenvalue weighted by molar-refractivity contribution is 9.10. The van der Waals surface area contributed by atoms with Crippen LogP contribution in [0.5, 0.6) is 0 Å². The number of para-hydroxylation sites is 1. The molecule has 19 heteroatoms. The third-order valence-corrected chi connectivity index (χ3v) is 13.7. The lowest BCUT2D eigenvalue weighted by Crippen LogP contribution is -2.06. The molecule has 0 unspecified atom stereocenters. The fraction of sp³-hybridized carbons (Fsp3) is 0.238. The van der Waals surface area contributed by atoms with E-state index in [0.29, 0.717) is 19.5 Å². The van der Waals surface area contributed by atoms with Crippen molar-refractivity contribution in [2.75, 3.05) is 20.0 Å². The average molecular weight is 1070 g/mol. The van der Waals surface area contributed by atoms with E-state index < -0.39 is 34.9 Å². The summed E-state index contributed by atoms with van der Waals surface area (Å²) in [7, 11) is 2.77. The zero-order valence-corrected chi connectivity index (χ0v) is 42.2. The summed E-state index contributed by atoms with van der Waals surface area (Å²) in [5, 5.41) is 15.8. The normalized spacial score (nSPS) is 9.69. The second-order valence-corrected chi connectivity index (χ2v) is 21.7. The number of carboxylic acids is 1. The molecular weight excluding hydrogens is 1020 g/mol. The molecule has 4 heterocycles. The molecule has 6 rings (SSSR count). The lowest BCUT2D eigenvalue weighted by molar-refractivity contribution is 0.0596. The van der Waals surface area contributed by atoms with Gasteiger partial charge in [0.05, 0.1) is 19.1 Å². The number of aromatic carboxylic acids is 1. The quantitative estimate of drug-likeness (QED) is 0.0554. The molecule has 328 valence electrons. The molecule has 0 aliphatic carbocycles. The summed E-state index contributed by atoms with van der Waals surface area (Å²) in [4.78, 5) is 46.5. The van der Waals surface area contributed by atoms with Gasteiger partial charge in [-0.3, -0.25) is 4.79 Å². The number of carbonyl (C=O) groups is 4. The maximum Gasteiger partial charge on any atom is 0.348 e. The van der Waals surface area contributed by atoms with E-state index in [1.165, 1.54) is 71.7 Å². The smallest absolute Gasteiger partial charge is 0.348 e. The van der Waals surface area contributed by atoms with Gasteiger partial charge in [0, 0.05) is 31.7 Å². The van der Waals surface area contributed by atoms with Crippen LogP contribution in [0.1, 0.15) is 66.5 Å². The predicted molar refractivity (Wildman–Crippen MR) is 250 cm³/mol. The van der Waals surface area contributed by atoms with Crippen LogP contribution < -0.4 is 5.73 Å². The number of hydrogen-bond acceptors (Lipinski definition) is 11. The molecule has 0 aliphatic rings. The number of nitrogens with two attached hydrogens (primary N) is 1. The summed E-state index contributed by atoms with van der Waals surface area (Å²) in [6, 6.07) is 10.8. The molecule has 0 fully saturated rings. The van der Waals surface area contributed by atoms with E-state index >= 15 is 0 Å². The zero-order chi connectivity index (χ0) is 46.6. The Balaban J connectivity index is 0.000000383. The largest absolute Gasteiger partial charge is 0.477 e. The Morgan fingerprint density at radius 2 is 1.02 bits per heavy atom. The molecule has 4 aromatic heterocycles. The Morgan fingerprint density at radius 1 is 0.639 bits per heavy atom. The summed E-state index contributed by atoms with van der Waals surface area (Å²) < 4.78 is 62.2. The highest BCUT2D eigenvalue weighted by atomic mass is 79.9. The first kappa shape index (κ1) is 55.3. The molecule has 0 amide bonds. The monoisotopic (exact) mass is 1060 g/mol. The van der Waals surface area contributed by atoms with Crippen molar-refractivity contribution in [3.05, 3.63) is 150 Å². The van der Waals surface area contributed by atoms with Gasteiger partial charge in [-0.25, -0.2) is 31.9 Å². The standard InChI is InChI=1S/C13H9BrF2OS.C7H7BrO2S.C7H8O2S.C6H5F2N.C6H6O2S.3CH3.Al/c1-7-9(14)6-18-13(7)12(17)5-8-10(15)3-2-4-11(8)16;1-4-5(8)3-11-6(4)7(9)10-2;1-5-3-4-10-6(5)7(8)9-2;7-4-2-1-3-5(8)6(4)9;1-4-2-3-9-5(4)6(7)8;;;;/h2-4,6H,5H2,1H3;3H,1-2H3;3-4H,1-2H3;1-3H,9H2;2-3H,1H3,(H,7,8);3*1H3;. The summed E-state index contributed by atoms with van der Waals surface area (Å²) >= 11 is 11.8. The molecule has 2 aromatic carbocycles. The third kappa shape index (κ3) is 18.7. The zero-order valence-electron chi connectivity index (χ0n) is 34.6. The van der Waals surface area contributed by atoms with Crippen molar-refractivity contribution in [1.82, 2.24) is 0 Å². The molecule has 3 N–H and O–H groups in total. The molecule has 0 aliphatic heterocycles. The van der Waals surface area contributed by atoms with Crippen LogP contribution in [-0.2, 0) is 15.9 Å². The Labute approximate surface area is 390 Å². The highest BCUT2D eigenvalue weighted by Gasteiger charge is 2.18. The fourth-order valence-electron chi connectivity index (χ4n) is 4.08. The first-order chi connectivity index (χ1) is 28.6. The van der Waals surface area contributed by atoms with E-state index in [4.69, 9.17) is 10.8 Å². The fourth-order valence-corrected chi connectivity index (χ4v) is 8.66. The van der Waals surface area contributed by atoms with Crippen molar-refractivity contribution < 1.29 is 51.3 Å². The number of Topliss-reactive ketones (excluding diaryl/α,β-unsaturated/α-hetero) is 1. The van der Waals surface area contributed by atoms with E-state index in [-0.39, 0.29) is 43.9 Å². The van der Waals surface area contributed by atoms with Crippen LogP contribution in [0, 0.1) is 51.0 Å². The van der Waals surface area contributed by atoms with Gasteiger partial charge in [-0.15, -0.1) is 62.7 Å².